The lowest BCUT2D eigenvalue weighted by Crippen LogP contribution is -2.24. The fourth-order valence-corrected chi connectivity index (χ4v) is 3.02. The third-order valence-corrected chi connectivity index (χ3v) is 4.34. The molecule has 0 saturated heterocycles. The molecule has 0 aliphatic carbocycles. The Morgan fingerprint density at radius 3 is 2.68 bits per heavy atom. The summed E-state index contributed by atoms with van der Waals surface area (Å²) >= 11 is 2.02. The van der Waals surface area contributed by atoms with E-state index in [-0.39, 0.29) is 0 Å². The SMILES string of the molecule is CCCNC(CSCC(C)C)c1cccc(OC)c1. The molecule has 1 N–H and O–H groups in total. The van der Waals surface area contributed by atoms with Gasteiger partial charge in [-0.3, -0.25) is 0 Å². The molecule has 0 bridgehead atoms. The molecule has 2 nitrogen and oxygen atoms in total. The van der Waals surface area contributed by atoms with Crippen molar-refractivity contribution in [1.29, 1.82) is 0 Å². The molecule has 19 heavy (non-hydrogen) atoms. The Labute approximate surface area is 122 Å². The number of rotatable bonds is 9. The van der Waals surface area contributed by atoms with Crippen LogP contribution in [0.3, 0.4) is 0 Å². The maximum absolute atomic E-state index is 5.32. The van der Waals surface area contributed by atoms with Crippen molar-refractivity contribution in [1.82, 2.24) is 5.32 Å². The number of hydrogen-bond donors (Lipinski definition) is 1. The molecule has 0 spiro atoms. The van der Waals surface area contributed by atoms with Crippen molar-refractivity contribution < 1.29 is 4.74 Å². The van der Waals surface area contributed by atoms with Crippen molar-refractivity contribution in [2.45, 2.75) is 33.2 Å². The average molecular weight is 281 g/mol. The van der Waals surface area contributed by atoms with Gasteiger partial charge < -0.3 is 10.1 Å². The van der Waals surface area contributed by atoms with Gasteiger partial charge in [0.25, 0.3) is 0 Å². The van der Waals surface area contributed by atoms with Crippen LogP contribution in [0.5, 0.6) is 5.75 Å². The number of hydrogen-bond acceptors (Lipinski definition) is 3. The van der Waals surface area contributed by atoms with Crippen LogP contribution in [0, 0.1) is 5.92 Å². The molecule has 0 aliphatic heterocycles. The molecule has 0 saturated carbocycles. The summed E-state index contributed by atoms with van der Waals surface area (Å²) in [6.07, 6.45) is 1.16. The summed E-state index contributed by atoms with van der Waals surface area (Å²) < 4.78 is 5.32. The molecule has 108 valence electrons. The minimum absolute atomic E-state index is 0.416. The Morgan fingerprint density at radius 2 is 2.05 bits per heavy atom. The zero-order valence-corrected chi connectivity index (χ0v) is 13.4. The van der Waals surface area contributed by atoms with Gasteiger partial charge in [-0.2, -0.15) is 11.8 Å². The van der Waals surface area contributed by atoms with Crippen molar-refractivity contribution in [3.63, 3.8) is 0 Å². The summed E-state index contributed by atoms with van der Waals surface area (Å²) in [7, 11) is 1.72. The van der Waals surface area contributed by atoms with E-state index in [1.165, 1.54) is 11.3 Å². The van der Waals surface area contributed by atoms with E-state index >= 15 is 0 Å². The fourth-order valence-electron chi connectivity index (χ4n) is 1.87. The van der Waals surface area contributed by atoms with Crippen molar-refractivity contribution in [2.75, 3.05) is 25.2 Å². The van der Waals surface area contributed by atoms with Gasteiger partial charge in [-0.25, -0.2) is 0 Å². The van der Waals surface area contributed by atoms with Gasteiger partial charge in [-0.05, 0) is 42.3 Å². The Bertz CT molecular complexity index is 354. The van der Waals surface area contributed by atoms with Crippen LogP contribution in [-0.4, -0.2) is 25.2 Å². The van der Waals surface area contributed by atoms with Crippen LogP contribution in [0.15, 0.2) is 24.3 Å². The van der Waals surface area contributed by atoms with E-state index in [0.29, 0.717) is 6.04 Å². The van der Waals surface area contributed by atoms with Crippen molar-refractivity contribution in [2.24, 2.45) is 5.92 Å². The molecule has 3 heteroatoms. The van der Waals surface area contributed by atoms with Gasteiger partial charge in [0.15, 0.2) is 0 Å². The molecular weight excluding hydrogens is 254 g/mol. The Hall–Kier alpha value is -0.670. The van der Waals surface area contributed by atoms with Gasteiger partial charge in [-0.15, -0.1) is 0 Å². The zero-order valence-electron chi connectivity index (χ0n) is 12.6. The third-order valence-electron chi connectivity index (χ3n) is 2.87. The van der Waals surface area contributed by atoms with E-state index in [9.17, 15) is 0 Å². The largest absolute Gasteiger partial charge is 0.497 e. The van der Waals surface area contributed by atoms with E-state index in [1.54, 1.807) is 7.11 Å². The van der Waals surface area contributed by atoms with Gasteiger partial charge in [0.1, 0.15) is 5.75 Å². The lowest BCUT2D eigenvalue weighted by Gasteiger charge is -2.20. The minimum Gasteiger partial charge on any atom is -0.497 e. The van der Waals surface area contributed by atoms with Crippen molar-refractivity contribution >= 4 is 11.8 Å². The molecule has 1 aromatic carbocycles. The number of benzene rings is 1. The van der Waals surface area contributed by atoms with Crippen LogP contribution in [0.4, 0.5) is 0 Å². The third kappa shape index (κ3) is 6.35. The highest BCUT2D eigenvalue weighted by molar-refractivity contribution is 7.99. The predicted molar refractivity (Wildman–Crippen MR) is 86.2 cm³/mol. The zero-order chi connectivity index (χ0) is 14.1. The van der Waals surface area contributed by atoms with Gasteiger partial charge in [0, 0.05) is 11.8 Å². The Morgan fingerprint density at radius 1 is 1.26 bits per heavy atom. The second kappa shape index (κ2) is 9.27. The first kappa shape index (κ1) is 16.4. The number of nitrogens with one attached hydrogen (secondary N) is 1. The monoisotopic (exact) mass is 281 g/mol. The Kier molecular flexibility index (Phi) is 7.99. The highest BCUT2D eigenvalue weighted by Crippen LogP contribution is 2.23. The molecule has 0 aromatic heterocycles. The van der Waals surface area contributed by atoms with E-state index < -0.39 is 0 Å². The van der Waals surface area contributed by atoms with Crippen molar-refractivity contribution in [3.8, 4) is 5.75 Å². The highest BCUT2D eigenvalue weighted by Gasteiger charge is 2.11. The highest BCUT2D eigenvalue weighted by atomic mass is 32.2. The lowest BCUT2D eigenvalue weighted by atomic mass is 10.1. The fraction of sp³-hybridized carbons (Fsp3) is 0.625. The minimum atomic E-state index is 0.416. The van der Waals surface area contributed by atoms with Gasteiger partial charge in [0.2, 0.25) is 0 Å². The summed E-state index contributed by atoms with van der Waals surface area (Å²) in [5, 5.41) is 3.63. The van der Waals surface area contributed by atoms with Gasteiger partial charge in [0.05, 0.1) is 7.11 Å². The normalized spacial score (nSPS) is 12.7. The average Bonchev–Trinajstić information content (AvgIpc) is 2.42. The second-order valence-electron chi connectivity index (χ2n) is 5.21. The summed E-state index contributed by atoms with van der Waals surface area (Å²) in [5.74, 6) is 4.02. The topological polar surface area (TPSA) is 21.3 Å². The lowest BCUT2D eigenvalue weighted by molar-refractivity contribution is 0.413. The van der Waals surface area contributed by atoms with E-state index in [4.69, 9.17) is 4.74 Å². The standard InChI is InChI=1S/C16H27NOS/c1-5-9-17-16(12-19-11-13(2)3)14-7-6-8-15(10-14)18-4/h6-8,10,13,16-17H,5,9,11-12H2,1-4H3. The van der Waals surface area contributed by atoms with E-state index in [0.717, 1.165) is 30.4 Å². The first-order valence-corrected chi connectivity index (χ1v) is 8.27. The first-order valence-electron chi connectivity index (χ1n) is 7.12. The second-order valence-corrected chi connectivity index (χ2v) is 6.29. The molecule has 1 atom stereocenters. The van der Waals surface area contributed by atoms with E-state index in [1.807, 2.05) is 17.8 Å². The summed E-state index contributed by atoms with van der Waals surface area (Å²) in [6, 6.07) is 8.82. The van der Waals surface area contributed by atoms with Crippen LogP contribution in [-0.2, 0) is 0 Å². The number of methoxy groups -OCH3 is 1. The molecule has 0 radical (unpaired) electrons. The van der Waals surface area contributed by atoms with Gasteiger partial charge >= 0.3 is 0 Å². The van der Waals surface area contributed by atoms with Crippen LogP contribution in [0.25, 0.3) is 0 Å². The Balaban J connectivity index is 2.65. The van der Waals surface area contributed by atoms with Crippen LogP contribution in [0.2, 0.25) is 0 Å². The molecule has 0 aliphatic rings. The molecule has 0 heterocycles. The molecule has 1 aromatic rings. The quantitative estimate of drug-likeness (QED) is 0.735. The van der Waals surface area contributed by atoms with E-state index in [2.05, 4.69) is 44.3 Å². The number of thioether (sulfide) groups is 1. The number of ether oxygens (including phenoxy) is 1. The molecule has 1 unspecified atom stereocenters. The van der Waals surface area contributed by atoms with Crippen LogP contribution < -0.4 is 10.1 Å². The maximum atomic E-state index is 5.32. The smallest absolute Gasteiger partial charge is 0.119 e. The molecule has 0 amide bonds. The molecular formula is C16H27NOS. The first-order chi connectivity index (χ1) is 9.17. The van der Waals surface area contributed by atoms with Crippen molar-refractivity contribution in [3.05, 3.63) is 29.8 Å². The van der Waals surface area contributed by atoms with Crippen LogP contribution in [0.1, 0.15) is 38.8 Å². The maximum Gasteiger partial charge on any atom is 0.119 e. The summed E-state index contributed by atoms with van der Waals surface area (Å²) in [5.41, 5.74) is 1.32. The van der Waals surface area contributed by atoms with Crippen LogP contribution >= 0.6 is 11.8 Å². The predicted octanol–water partition coefficient (Wildman–Crippen LogP) is 4.13. The molecule has 0 fully saturated rings. The summed E-state index contributed by atoms with van der Waals surface area (Å²) in [6.45, 7) is 7.81. The molecule has 1 rings (SSSR count). The van der Waals surface area contributed by atoms with Gasteiger partial charge in [-0.1, -0.05) is 32.9 Å². The summed E-state index contributed by atoms with van der Waals surface area (Å²) in [4.78, 5) is 0.